The number of halogens is 5. The molecule has 1 rings (SSSR count). The summed E-state index contributed by atoms with van der Waals surface area (Å²) in [6, 6.07) is 4.12. The van der Waals surface area contributed by atoms with E-state index in [0.717, 1.165) is 0 Å². The summed E-state index contributed by atoms with van der Waals surface area (Å²) in [6.45, 7) is 0. The van der Waals surface area contributed by atoms with Crippen LogP contribution in [0, 0.1) is 5.82 Å². The molecule has 1 aromatic rings. The van der Waals surface area contributed by atoms with E-state index in [1.165, 1.54) is 12.1 Å². The van der Waals surface area contributed by atoms with E-state index in [1.807, 2.05) is 0 Å². The molecule has 0 N–H and O–H groups in total. The molecule has 0 amide bonds. The van der Waals surface area contributed by atoms with E-state index in [4.69, 9.17) is 0 Å². The van der Waals surface area contributed by atoms with Gasteiger partial charge in [-0.25, -0.2) is 8.78 Å². The molecule has 0 bridgehead atoms. The van der Waals surface area contributed by atoms with Gasteiger partial charge in [0.2, 0.25) is 3.49 Å². The smallest absolute Gasteiger partial charge is 0.213 e. The van der Waals surface area contributed by atoms with Crippen LogP contribution in [-0.4, -0.2) is 0 Å². The zero-order chi connectivity index (χ0) is 9.35. The van der Waals surface area contributed by atoms with Gasteiger partial charge in [-0.2, -0.15) is 0 Å². The molecule has 0 aliphatic carbocycles. The Hall–Kier alpha value is 0.520. The third-order valence-electron chi connectivity index (χ3n) is 1.24. The second kappa shape index (κ2) is 3.72. The summed E-state index contributed by atoms with van der Waals surface area (Å²) in [5.74, 6) is -0.611. The first-order valence-electron chi connectivity index (χ1n) is 2.93. The fraction of sp³-hybridized carbons (Fsp3) is 0.143. The van der Waals surface area contributed by atoms with E-state index < -0.39 is 9.30 Å². The largest absolute Gasteiger partial charge is 0.246 e. The van der Waals surface area contributed by atoms with Crippen molar-refractivity contribution in [3.05, 3.63) is 34.1 Å². The summed E-state index contributed by atoms with van der Waals surface area (Å²) in [4.78, 5) is 0. The molecule has 0 saturated carbocycles. The van der Waals surface area contributed by atoms with Crippen LogP contribution >= 0.6 is 47.8 Å². The van der Waals surface area contributed by atoms with Crippen molar-refractivity contribution in [2.45, 2.75) is 3.49 Å². The third kappa shape index (κ3) is 2.50. The van der Waals surface area contributed by atoms with E-state index in [0.29, 0.717) is 4.47 Å². The second-order valence-corrected chi connectivity index (χ2v) is 6.29. The van der Waals surface area contributed by atoms with Gasteiger partial charge in [0.25, 0.3) is 0 Å². The average molecular weight is 365 g/mol. The van der Waals surface area contributed by atoms with Crippen molar-refractivity contribution < 1.29 is 8.78 Å². The van der Waals surface area contributed by atoms with Crippen LogP contribution in [-0.2, 0) is 3.49 Å². The van der Waals surface area contributed by atoms with E-state index in [1.54, 1.807) is 6.07 Å². The fourth-order valence-electron chi connectivity index (χ4n) is 0.719. The van der Waals surface area contributed by atoms with Crippen LogP contribution < -0.4 is 0 Å². The van der Waals surface area contributed by atoms with Gasteiger partial charge >= 0.3 is 0 Å². The Morgan fingerprint density at radius 3 is 2.25 bits per heavy atom. The van der Waals surface area contributed by atoms with Gasteiger partial charge < -0.3 is 0 Å². The minimum absolute atomic E-state index is 0.0781. The second-order valence-electron chi connectivity index (χ2n) is 2.12. The Labute approximate surface area is 93.7 Å². The molecule has 5 heteroatoms. The molecule has 12 heavy (non-hydrogen) atoms. The molecule has 0 unspecified atom stereocenters. The van der Waals surface area contributed by atoms with E-state index in [2.05, 4.69) is 47.8 Å². The van der Waals surface area contributed by atoms with Gasteiger partial charge in [0.05, 0.1) is 0 Å². The standard InChI is InChI=1S/C7H3Br3F2/c8-4-1-2-5(6(11)3-4)7(9,10)12/h1-3H. The average Bonchev–Trinajstić information content (AvgIpc) is 1.83. The number of rotatable bonds is 1. The first-order valence-corrected chi connectivity index (χ1v) is 5.31. The Kier molecular flexibility index (Phi) is 3.28. The van der Waals surface area contributed by atoms with Gasteiger partial charge in [0, 0.05) is 10.0 Å². The van der Waals surface area contributed by atoms with Crippen LogP contribution in [0.5, 0.6) is 0 Å². The highest BCUT2D eigenvalue weighted by atomic mass is 79.9. The normalized spacial score (nSPS) is 11.8. The molecule has 0 aromatic heterocycles. The number of hydrogen-bond acceptors (Lipinski definition) is 0. The van der Waals surface area contributed by atoms with E-state index in [-0.39, 0.29) is 5.56 Å². The van der Waals surface area contributed by atoms with Crippen molar-refractivity contribution >= 4 is 47.8 Å². The number of alkyl halides is 3. The predicted molar refractivity (Wildman–Crippen MR) is 54.7 cm³/mol. The molecule has 0 fully saturated rings. The van der Waals surface area contributed by atoms with Gasteiger partial charge in [-0.3, -0.25) is 0 Å². The molecular weight excluding hydrogens is 362 g/mol. The monoisotopic (exact) mass is 362 g/mol. The van der Waals surface area contributed by atoms with Gasteiger partial charge in [-0.1, -0.05) is 15.9 Å². The molecule has 66 valence electrons. The van der Waals surface area contributed by atoms with Gasteiger partial charge in [0.15, 0.2) is 0 Å². The first-order chi connectivity index (χ1) is 5.41. The van der Waals surface area contributed by atoms with Gasteiger partial charge in [0.1, 0.15) is 5.82 Å². The lowest BCUT2D eigenvalue weighted by Gasteiger charge is -2.11. The molecule has 0 radical (unpaired) electrons. The Balaban J connectivity index is 3.19. The van der Waals surface area contributed by atoms with Crippen molar-refractivity contribution in [3.8, 4) is 0 Å². The van der Waals surface area contributed by atoms with Crippen LogP contribution in [0.3, 0.4) is 0 Å². The molecule has 0 spiro atoms. The quantitative estimate of drug-likeness (QED) is 0.645. The van der Waals surface area contributed by atoms with E-state index >= 15 is 0 Å². The van der Waals surface area contributed by atoms with Crippen molar-refractivity contribution in [1.29, 1.82) is 0 Å². The zero-order valence-corrected chi connectivity index (χ0v) is 10.4. The Morgan fingerprint density at radius 1 is 1.25 bits per heavy atom. The summed E-state index contributed by atoms with van der Waals surface area (Å²) >= 11 is 8.38. The lowest BCUT2D eigenvalue weighted by atomic mass is 10.2. The van der Waals surface area contributed by atoms with Gasteiger partial charge in [-0.05, 0) is 50.1 Å². The maximum atomic E-state index is 13.1. The summed E-state index contributed by atoms with van der Waals surface area (Å²) in [5, 5.41) is 0. The SMILES string of the molecule is Fc1cc(Br)ccc1C(F)(Br)Br. The van der Waals surface area contributed by atoms with Crippen LogP contribution in [0.1, 0.15) is 5.56 Å². The van der Waals surface area contributed by atoms with Crippen LogP contribution in [0.15, 0.2) is 22.7 Å². The number of hydrogen-bond donors (Lipinski definition) is 0. The molecule has 0 aliphatic heterocycles. The lowest BCUT2D eigenvalue weighted by Crippen LogP contribution is -2.03. The van der Waals surface area contributed by atoms with Gasteiger partial charge in [-0.15, -0.1) is 0 Å². The third-order valence-corrected chi connectivity index (χ3v) is 2.58. The highest BCUT2D eigenvalue weighted by Gasteiger charge is 2.27. The highest BCUT2D eigenvalue weighted by molar-refractivity contribution is 9.24. The van der Waals surface area contributed by atoms with Crippen molar-refractivity contribution in [1.82, 2.24) is 0 Å². The predicted octanol–water partition coefficient (Wildman–Crippen LogP) is 4.46. The molecule has 0 saturated heterocycles. The van der Waals surface area contributed by atoms with Crippen molar-refractivity contribution in [2.75, 3.05) is 0 Å². The summed E-state index contributed by atoms with van der Waals surface area (Å²) in [6.07, 6.45) is 0. The maximum absolute atomic E-state index is 13.1. The summed E-state index contributed by atoms with van der Waals surface area (Å²) in [5.41, 5.74) is -0.0781. The minimum atomic E-state index is -2.00. The Morgan fingerprint density at radius 2 is 1.83 bits per heavy atom. The molecule has 0 atom stereocenters. The molecule has 0 heterocycles. The van der Waals surface area contributed by atoms with Crippen LogP contribution in [0.25, 0.3) is 0 Å². The summed E-state index contributed by atoms with van der Waals surface area (Å²) in [7, 11) is 0. The molecule has 1 aromatic carbocycles. The molecular formula is C7H3Br3F2. The maximum Gasteiger partial charge on any atom is 0.246 e. The molecule has 0 nitrogen and oxygen atoms in total. The summed E-state index contributed by atoms with van der Waals surface area (Å²) < 4.78 is 24.7. The van der Waals surface area contributed by atoms with Crippen molar-refractivity contribution in [3.63, 3.8) is 0 Å². The molecule has 0 aliphatic rings. The van der Waals surface area contributed by atoms with Crippen molar-refractivity contribution in [2.24, 2.45) is 0 Å². The topological polar surface area (TPSA) is 0 Å². The van der Waals surface area contributed by atoms with E-state index in [9.17, 15) is 8.78 Å². The first kappa shape index (κ1) is 10.6. The Bertz CT molecular complexity index is 293. The van der Waals surface area contributed by atoms with Crippen LogP contribution in [0.2, 0.25) is 0 Å². The minimum Gasteiger partial charge on any atom is -0.213 e. The fourth-order valence-corrected chi connectivity index (χ4v) is 1.70. The zero-order valence-electron chi connectivity index (χ0n) is 5.62. The highest BCUT2D eigenvalue weighted by Crippen LogP contribution is 2.41. The number of benzene rings is 1. The van der Waals surface area contributed by atoms with Crippen LogP contribution in [0.4, 0.5) is 8.78 Å². The lowest BCUT2D eigenvalue weighted by molar-refractivity contribution is 0.426.